The van der Waals surface area contributed by atoms with Gasteiger partial charge in [0.1, 0.15) is 18.3 Å². The highest BCUT2D eigenvalue weighted by atomic mass is 16.2. The van der Waals surface area contributed by atoms with Gasteiger partial charge >= 0.3 is 0 Å². The van der Waals surface area contributed by atoms with Crippen molar-refractivity contribution in [3.63, 3.8) is 0 Å². The number of carbonyl (C=O) groups is 4. The molecule has 0 aliphatic carbocycles. The molecule has 1 fully saturated rings. The standard InChI is InChI=1S/C24H20N8O4/c33-21-5-4-20(23(35)28-21)32-10-15-14(24(32)36)2-1-3-16(15)27-22(34)12-31-11-19(29-30-31)13-8-18-17(26-9-13)6-7-25-18/h1-3,6-9,11,20,25H,4-5,10,12H2,(H,27,34)(H,28,33,35). The molecule has 12 heteroatoms. The summed E-state index contributed by atoms with van der Waals surface area (Å²) in [7, 11) is 0. The average Bonchev–Trinajstić information content (AvgIpc) is 3.59. The van der Waals surface area contributed by atoms with E-state index in [-0.39, 0.29) is 43.7 Å². The van der Waals surface area contributed by atoms with Gasteiger partial charge in [-0.1, -0.05) is 11.3 Å². The highest BCUT2D eigenvalue weighted by Crippen LogP contribution is 2.32. The highest BCUT2D eigenvalue weighted by Gasteiger charge is 2.39. The molecule has 0 saturated carbocycles. The summed E-state index contributed by atoms with van der Waals surface area (Å²) >= 11 is 0. The van der Waals surface area contributed by atoms with Gasteiger partial charge in [0.05, 0.1) is 17.2 Å². The van der Waals surface area contributed by atoms with Gasteiger partial charge in [-0.05, 0) is 30.7 Å². The lowest BCUT2D eigenvalue weighted by Gasteiger charge is -2.29. The summed E-state index contributed by atoms with van der Waals surface area (Å²) in [5, 5.41) is 13.3. The largest absolute Gasteiger partial charge is 0.360 e. The molecule has 2 aliphatic heterocycles. The van der Waals surface area contributed by atoms with Crippen LogP contribution in [0, 0.1) is 0 Å². The normalized spacial score (nSPS) is 17.4. The van der Waals surface area contributed by atoms with Crippen molar-refractivity contribution in [3.05, 3.63) is 60.0 Å². The zero-order valence-electron chi connectivity index (χ0n) is 18.9. The van der Waals surface area contributed by atoms with Crippen LogP contribution >= 0.6 is 0 Å². The van der Waals surface area contributed by atoms with E-state index in [1.54, 1.807) is 36.8 Å². The number of piperidine rings is 1. The lowest BCUT2D eigenvalue weighted by Crippen LogP contribution is -2.52. The fraction of sp³-hybridized carbons (Fsp3) is 0.208. The topological polar surface area (TPSA) is 155 Å². The SMILES string of the molecule is O=C1CCC(N2Cc3c(NC(=O)Cn4cc(-c5cnc6cc[nH]c6c5)nn4)cccc3C2=O)C(=O)N1. The zero-order chi connectivity index (χ0) is 24.8. The van der Waals surface area contributed by atoms with Crippen LogP contribution in [0.1, 0.15) is 28.8 Å². The fourth-order valence-electron chi connectivity index (χ4n) is 4.62. The van der Waals surface area contributed by atoms with Crippen LogP contribution in [-0.2, 0) is 27.5 Å². The first-order valence-electron chi connectivity index (χ1n) is 11.4. The molecule has 180 valence electrons. The van der Waals surface area contributed by atoms with Gasteiger partial charge in [0, 0.05) is 47.7 Å². The number of amides is 4. The van der Waals surface area contributed by atoms with Gasteiger partial charge in [-0.2, -0.15) is 0 Å². The maximum Gasteiger partial charge on any atom is 0.255 e. The first-order valence-corrected chi connectivity index (χ1v) is 11.4. The molecule has 1 aromatic carbocycles. The van der Waals surface area contributed by atoms with Crippen LogP contribution in [0.5, 0.6) is 0 Å². The van der Waals surface area contributed by atoms with Crippen molar-refractivity contribution in [3.8, 4) is 11.3 Å². The van der Waals surface area contributed by atoms with E-state index in [9.17, 15) is 19.2 Å². The molecule has 4 amide bonds. The van der Waals surface area contributed by atoms with Crippen molar-refractivity contribution < 1.29 is 19.2 Å². The van der Waals surface area contributed by atoms with Crippen LogP contribution in [0.3, 0.4) is 0 Å². The molecule has 12 nitrogen and oxygen atoms in total. The number of pyridine rings is 1. The van der Waals surface area contributed by atoms with Crippen molar-refractivity contribution in [2.24, 2.45) is 0 Å². The minimum absolute atomic E-state index is 0.0837. The van der Waals surface area contributed by atoms with E-state index in [0.29, 0.717) is 22.5 Å². The Morgan fingerprint density at radius 3 is 2.94 bits per heavy atom. The maximum absolute atomic E-state index is 13.0. The Hall–Kier alpha value is -4.87. The van der Waals surface area contributed by atoms with E-state index in [1.165, 1.54) is 9.58 Å². The molecule has 1 atom stereocenters. The van der Waals surface area contributed by atoms with Crippen LogP contribution in [0.2, 0.25) is 0 Å². The van der Waals surface area contributed by atoms with E-state index >= 15 is 0 Å². The smallest absolute Gasteiger partial charge is 0.255 e. The average molecular weight is 484 g/mol. The Morgan fingerprint density at radius 2 is 2.08 bits per heavy atom. The molecule has 0 radical (unpaired) electrons. The number of hydrogen-bond acceptors (Lipinski definition) is 7. The summed E-state index contributed by atoms with van der Waals surface area (Å²) in [6, 6.07) is 8.12. The summed E-state index contributed by atoms with van der Waals surface area (Å²) in [5.41, 5.74) is 4.61. The predicted octanol–water partition coefficient (Wildman–Crippen LogP) is 1.22. The summed E-state index contributed by atoms with van der Waals surface area (Å²) in [6.07, 6.45) is 5.61. The molecule has 1 saturated heterocycles. The van der Waals surface area contributed by atoms with E-state index in [2.05, 4.69) is 30.9 Å². The summed E-state index contributed by atoms with van der Waals surface area (Å²) in [6.45, 7) is 0.0816. The van der Waals surface area contributed by atoms with Crippen LogP contribution < -0.4 is 10.6 Å². The number of rotatable bonds is 5. The number of fused-ring (bicyclic) bond motifs is 2. The molecule has 3 N–H and O–H groups in total. The Labute approximate surface area is 203 Å². The molecule has 4 aromatic rings. The van der Waals surface area contributed by atoms with Crippen LogP contribution in [-0.4, -0.2) is 59.5 Å². The Balaban J connectivity index is 1.16. The molecule has 3 aromatic heterocycles. The minimum Gasteiger partial charge on any atom is -0.360 e. The Bertz CT molecular complexity index is 1550. The number of carbonyl (C=O) groups excluding carboxylic acids is 4. The number of nitrogens with one attached hydrogen (secondary N) is 3. The van der Waals surface area contributed by atoms with Gasteiger partial charge < -0.3 is 15.2 Å². The van der Waals surface area contributed by atoms with Crippen LogP contribution in [0.25, 0.3) is 22.3 Å². The highest BCUT2D eigenvalue weighted by molar-refractivity contribution is 6.06. The summed E-state index contributed by atoms with van der Waals surface area (Å²) in [4.78, 5) is 58.5. The second kappa shape index (κ2) is 8.41. The number of aromatic amines is 1. The second-order valence-corrected chi connectivity index (χ2v) is 8.72. The van der Waals surface area contributed by atoms with E-state index < -0.39 is 11.9 Å². The molecular weight excluding hydrogens is 464 g/mol. The van der Waals surface area contributed by atoms with E-state index in [1.807, 2.05) is 12.1 Å². The molecule has 5 heterocycles. The first kappa shape index (κ1) is 21.6. The molecule has 1 unspecified atom stereocenters. The van der Waals surface area contributed by atoms with E-state index in [4.69, 9.17) is 0 Å². The van der Waals surface area contributed by atoms with Gasteiger partial charge in [-0.3, -0.25) is 29.5 Å². The lowest BCUT2D eigenvalue weighted by molar-refractivity contribution is -0.137. The lowest BCUT2D eigenvalue weighted by atomic mass is 10.0. The molecule has 6 rings (SSSR count). The molecule has 0 spiro atoms. The van der Waals surface area contributed by atoms with Crippen molar-refractivity contribution in [1.82, 2.24) is 35.2 Å². The van der Waals surface area contributed by atoms with Gasteiger partial charge in [0.25, 0.3) is 5.91 Å². The number of nitrogens with zero attached hydrogens (tertiary/aromatic N) is 5. The first-order chi connectivity index (χ1) is 17.5. The third-order valence-corrected chi connectivity index (χ3v) is 6.39. The Kier molecular flexibility index (Phi) is 5.06. The fourth-order valence-corrected chi connectivity index (χ4v) is 4.62. The van der Waals surface area contributed by atoms with Crippen molar-refractivity contribution in [1.29, 1.82) is 0 Å². The van der Waals surface area contributed by atoms with Crippen molar-refractivity contribution in [2.45, 2.75) is 32.0 Å². The monoisotopic (exact) mass is 484 g/mol. The van der Waals surface area contributed by atoms with Gasteiger partial charge in [-0.25, -0.2) is 4.68 Å². The van der Waals surface area contributed by atoms with Crippen LogP contribution in [0.4, 0.5) is 5.69 Å². The summed E-state index contributed by atoms with van der Waals surface area (Å²) in [5.74, 6) is -1.47. The van der Waals surface area contributed by atoms with Crippen molar-refractivity contribution >= 4 is 40.3 Å². The molecule has 2 aliphatic rings. The summed E-state index contributed by atoms with van der Waals surface area (Å²) < 4.78 is 1.42. The van der Waals surface area contributed by atoms with E-state index in [0.717, 1.165) is 16.6 Å². The van der Waals surface area contributed by atoms with Crippen LogP contribution in [0.15, 0.2) is 48.9 Å². The Morgan fingerprint density at radius 1 is 1.19 bits per heavy atom. The number of H-pyrrole nitrogens is 1. The zero-order valence-corrected chi connectivity index (χ0v) is 18.9. The number of aromatic nitrogens is 5. The number of benzene rings is 1. The molecule has 0 bridgehead atoms. The quantitative estimate of drug-likeness (QED) is 0.360. The number of anilines is 1. The number of hydrogen-bond donors (Lipinski definition) is 3. The van der Waals surface area contributed by atoms with Gasteiger partial charge in [0.2, 0.25) is 17.7 Å². The second-order valence-electron chi connectivity index (χ2n) is 8.72. The molecule has 36 heavy (non-hydrogen) atoms. The predicted molar refractivity (Wildman–Crippen MR) is 126 cm³/mol. The number of imide groups is 1. The third kappa shape index (κ3) is 3.78. The van der Waals surface area contributed by atoms with Crippen molar-refractivity contribution in [2.75, 3.05) is 5.32 Å². The van der Waals surface area contributed by atoms with Gasteiger partial charge in [-0.15, -0.1) is 5.10 Å². The van der Waals surface area contributed by atoms with Gasteiger partial charge in [0.15, 0.2) is 0 Å². The minimum atomic E-state index is -0.723. The maximum atomic E-state index is 13.0. The third-order valence-electron chi connectivity index (χ3n) is 6.39. The molecular formula is C24H20N8O4.